The summed E-state index contributed by atoms with van der Waals surface area (Å²) in [6.45, 7) is 3.00. The van der Waals surface area contributed by atoms with Gasteiger partial charge in [-0.25, -0.2) is 9.99 Å². The smallest absolute Gasteiger partial charge is 0.222 e. The molecule has 0 saturated carbocycles. The molecule has 1 fully saturated rings. The maximum absolute atomic E-state index is 5.91. The molecule has 2 heterocycles. The molecule has 1 aliphatic rings. The molecule has 1 saturated heterocycles. The lowest BCUT2D eigenvalue weighted by molar-refractivity contribution is 0.0493. The molecule has 0 bridgehead atoms. The maximum atomic E-state index is 5.91. The number of nitrogens with two attached hydrogens (primary N) is 1. The summed E-state index contributed by atoms with van der Waals surface area (Å²) in [5.41, 5.74) is 9.01. The Morgan fingerprint density at radius 1 is 1.23 bits per heavy atom. The molecule has 8 heteroatoms. The Bertz CT molecular complexity index is 634. The van der Waals surface area contributed by atoms with Gasteiger partial charge < -0.3 is 15.9 Å². The molecule has 0 radical (unpaired) electrons. The summed E-state index contributed by atoms with van der Waals surface area (Å²) in [4.78, 5) is 10.4. The Hall–Kier alpha value is -1.54. The lowest BCUT2D eigenvalue weighted by Gasteiger charge is -2.28. The van der Waals surface area contributed by atoms with Crippen LogP contribution >= 0.6 is 23.4 Å². The van der Waals surface area contributed by atoms with E-state index < -0.39 is 0 Å². The van der Waals surface area contributed by atoms with Crippen molar-refractivity contribution in [2.24, 2.45) is 0 Å². The van der Waals surface area contributed by atoms with Gasteiger partial charge in [-0.3, -0.25) is 0 Å². The van der Waals surface area contributed by atoms with Gasteiger partial charge in [-0.1, -0.05) is 23.4 Å². The summed E-state index contributed by atoms with van der Waals surface area (Å²) < 4.78 is 5.34. The molecule has 0 spiro atoms. The van der Waals surface area contributed by atoms with Crippen molar-refractivity contribution < 1.29 is 4.74 Å². The molecule has 116 valence electrons. The minimum Gasteiger partial charge on any atom is -0.379 e. The van der Waals surface area contributed by atoms with E-state index in [9.17, 15) is 0 Å². The highest BCUT2D eigenvalue weighted by Gasteiger charge is 2.14. The predicted molar refractivity (Wildman–Crippen MR) is 88.0 cm³/mol. The van der Waals surface area contributed by atoms with Gasteiger partial charge in [-0.15, -0.1) is 0 Å². The van der Waals surface area contributed by atoms with Crippen molar-refractivity contribution in [2.75, 3.05) is 37.5 Å². The monoisotopic (exact) mass is 337 g/mol. The average molecular weight is 338 g/mol. The maximum Gasteiger partial charge on any atom is 0.222 e. The zero-order valence-electron chi connectivity index (χ0n) is 11.8. The summed E-state index contributed by atoms with van der Waals surface area (Å²) in [6.07, 6.45) is 1.73. The van der Waals surface area contributed by atoms with Crippen LogP contribution in [0.5, 0.6) is 0 Å². The second kappa shape index (κ2) is 7.15. The van der Waals surface area contributed by atoms with Crippen molar-refractivity contribution in [3.63, 3.8) is 0 Å². The van der Waals surface area contributed by atoms with Crippen LogP contribution in [0.3, 0.4) is 0 Å². The number of hydrogen-bond acceptors (Lipinski definition) is 7. The van der Waals surface area contributed by atoms with E-state index in [4.69, 9.17) is 22.1 Å². The number of nitrogens with zero attached hydrogens (tertiary/aromatic N) is 3. The molecule has 2 aromatic rings. The molecule has 3 rings (SSSR count). The molecule has 1 aromatic carbocycles. The number of aromatic nitrogens is 2. The van der Waals surface area contributed by atoms with E-state index in [0.29, 0.717) is 24.1 Å². The van der Waals surface area contributed by atoms with Crippen LogP contribution in [-0.4, -0.2) is 41.3 Å². The minimum absolute atomic E-state index is 0.246. The van der Waals surface area contributed by atoms with Crippen LogP contribution in [0.25, 0.3) is 0 Å². The third kappa shape index (κ3) is 4.01. The van der Waals surface area contributed by atoms with Gasteiger partial charge in [-0.05, 0) is 24.3 Å². The van der Waals surface area contributed by atoms with Gasteiger partial charge in [0.05, 0.1) is 18.1 Å². The number of anilines is 2. The summed E-state index contributed by atoms with van der Waals surface area (Å²) in [5.74, 6) is 0.950. The largest absolute Gasteiger partial charge is 0.379 e. The predicted octanol–water partition coefficient (Wildman–Crippen LogP) is 2.52. The van der Waals surface area contributed by atoms with Crippen molar-refractivity contribution in [2.45, 2.75) is 9.79 Å². The molecule has 1 aliphatic heterocycles. The van der Waals surface area contributed by atoms with Gasteiger partial charge in [0.2, 0.25) is 5.95 Å². The van der Waals surface area contributed by atoms with E-state index in [1.165, 1.54) is 0 Å². The van der Waals surface area contributed by atoms with Gasteiger partial charge in [0.25, 0.3) is 0 Å². The Kier molecular flexibility index (Phi) is 4.99. The minimum atomic E-state index is 0.246. The summed E-state index contributed by atoms with van der Waals surface area (Å²) in [7, 11) is 0. The van der Waals surface area contributed by atoms with E-state index >= 15 is 0 Å². The number of nitrogens with one attached hydrogen (secondary N) is 1. The van der Waals surface area contributed by atoms with Crippen LogP contribution in [0.4, 0.5) is 11.8 Å². The van der Waals surface area contributed by atoms with E-state index in [-0.39, 0.29) is 5.95 Å². The van der Waals surface area contributed by atoms with Crippen molar-refractivity contribution in [1.82, 2.24) is 15.0 Å². The average Bonchev–Trinajstić information content (AvgIpc) is 2.53. The number of ether oxygens (including phenoxy) is 1. The number of rotatable bonds is 4. The van der Waals surface area contributed by atoms with Gasteiger partial charge in [-0.2, -0.15) is 4.98 Å². The highest BCUT2D eigenvalue weighted by molar-refractivity contribution is 7.99. The highest BCUT2D eigenvalue weighted by atomic mass is 35.5. The molecule has 0 amide bonds. The number of halogens is 1. The Morgan fingerprint density at radius 2 is 1.95 bits per heavy atom. The molecule has 0 atom stereocenters. The van der Waals surface area contributed by atoms with Crippen LogP contribution in [-0.2, 0) is 4.74 Å². The van der Waals surface area contributed by atoms with Crippen LogP contribution < -0.4 is 11.2 Å². The van der Waals surface area contributed by atoms with Gasteiger partial charge >= 0.3 is 0 Å². The van der Waals surface area contributed by atoms with Crippen molar-refractivity contribution >= 4 is 35.1 Å². The summed E-state index contributed by atoms with van der Waals surface area (Å²) in [6, 6.07) is 7.64. The molecule has 0 aliphatic carbocycles. The number of nitrogen functional groups attached to an aromatic ring is 1. The molecule has 1 aromatic heterocycles. The van der Waals surface area contributed by atoms with Crippen molar-refractivity contribution in [1.29, 1.82) is 0 Å². The third-order valence-corrected chi connectivity index (χ3v) is 4.37. The molecule has 22 heavy (non-hydrogen) atoms. The number of hydrogen-bond donors (Lipinski definition) is 2. The molecular weight excluding hydrogens is 322 g/mol. The zero-order valence-corrected chi connectivity index (χ0v) is 13.4. The summed E-state index contributed by atoms with van der Waals surface area (Å²) >= 11 is 7.47. The van der Waals surface area contributed by atoms with E-state index in [2.05, 4.69) is 20.4 Å². The van der Waals surface area contributed by atoms with Crippen LogP contribution in [0.15, 0.2) is 40.3 Å². The molecule has 3 N–H and O–H groups in total. The Balaban J connectivity index is 1.78. The third-order valence-electron chi connectivity index (χ3n) is 3.09. The highest BCUT2D eigenvalue weighted by Crippen LogP contribution is 2.33. The first-order chi connectivity index (χ1) is 10.7. The number of morpholine rings is 1. The lowest BCUT2D eigenvalue weighted by atomic mass is 10.4. The van der Waals surface area contributed by atoms with Crippen LogP contribution in [0.2, 0.25) is 5.02 Å². The first kappa shape index (κ1) is 15.4. The van der Waals surface area contributed by atoms with Crippen molar-refractivity contribution in [3.8, 4) is 0 Å². The lowest BCUT2D eigenvalue weighted by Crippen LogP contribution is -2.40. The van der Waals surface area contributed by atoms with Gasteiger partial charge in [0.15, 0.2) is 5.82 Å². The second-order valence-electron chi connectivity index (χ2n) is 4.71. The quantitative estimate of drug-likeness (QED) is 0.887. The molecule has 6 nitrogen and oxygen atoms in total. The van der Waals surface area contributed by atoms with Gasteiger partial charge in [0, 0.05) is 29.2 Å². The number of benzene rings is 1. The second-order valence-corrected chi connectivity index (χ2v) is 6.26. The Morgan fingerprint density at radius 3 is 2.68 bits per heavy atom. The van der Waals surface area contributed by atoms with Crippen LogP contribution in [0.1, 0.15) is 0 Å². The fraction of sp³-hybridized carbons (Fsp3) is 0.286. The van der Waals surface area contributed by atoms with E-state index in [0.717, 1.165) is 22.9 Å². The molecule has 0 unspecified atom stereocenters. The topological polar surface area (TPSA) is 76.3 Å². The fourth-order valence-electron chi connectivity index (χ4n) is 1.99. The first-order valence-electron chi connectivity index (χ1n) is 6.86. The fourth-order valence-corrected chi connectivity index (χ4v) is 2.94. The van der Waals surface area contributed by atoms with Crippen molar-refractivity contribution in [3.05, 3.63) is 35.5 Å². The summed E-state index contributed by atoms with van der Waals surface area (Å²) in [5, 5.41) is 2.78. The standard InChI is InChI=1S/C14H16ClN5OS/c15-10-1-3-11(4-2-10)22-12-9-17-14(16)18-13(12)19-20-5-7-21-8-6-20/h1-4,9H,5-8H2,(H3,16,17,18,19). The number of hydrazine groups is 1. The molecular formula is C14H16ClN5OS. The Labute approximate surface area is 138 Å². The van der Waals surface area contributed by atoms with E-state index in [1.807, 2.05) is 24.3 Å². The van der Waals surface area contributed by atoms with Gasteiger partial charge in [0.1, 0.15) is 0 Å². The first-order valence-corrected chi connectivity index (χ1v) is 8.05. The van der Waals surface area contributed by atoms with E-state index in [1.54, 1.807) is 18.0 Å². The SMILES string of the molecule is Nc1ncc(Sc2ccc(Cl)cc2)c(NN2CCOCC2)n1. The van der Waals surface area contributed by atoms with Crippen LogP contribution in [0, 0.1) is 0 Å². The zero-order chi connectivity index (χ0) is 15.4. The normalized spacial score (nSPS) is 15.7.